The first-order chi connectivity index (χ1) is 11.2. The van der Waals surface area contributed by atoms with Crippen LogP contribution in [-0.2, 0) is 13.9 Å². The molecule has 24 heavy (non-hydrogen) atoms. The smallest absolute Gasteiger partial charge is 0.399 e. The average Bonchev–Trinajstić information content (AvgIpc) is 2.88. The molecular weight excluding hydrogens is 318 g/mol. The van der Waals surface area contributed by atoms with Crippen LogP contribution in [0.4, 0.5) is 0 Å². The lowest BCUT2D eigenvalue weighted by molar-refractivity contribution is 0.00578. The molecule has 1 saturated heterocycles. The predicted molar refractivity (Wildman–Crippen MR) is 100 cm³/mol. The molecule has 0 radical (unpaired) electrons. The second-order valence-electron chi connectivity index (χ2n) is 7.77. The molecular formula is C19H22BO3P. The van der Waals surface area contributed by atoms with Crippen LogP contribution in [0.3, 0.4) is 0 Å². The van der Waals surface area contributed by atoms with Crippen LogP contribution in [-0.4, -0.2) is 25.0 Å². The fourth-order valence-corrected chi connectivity index (χ4v) is 5.88. The van der Waals surface area contributed by atoms with E-state index < -0.39 is 25.5 Å². The third kappa shape index (κ3) is 2.03. The Kier molecular flexibility index (Phi) is 3.26. The predicted octanol–water partition coefficient (Wildman–Crippen LogP) is 2.91. The first-order valence-electron chi connectivity index (χ1n) is 8.32. The summed E-state index contributed by atoms with van der Waals surface area (Å²) in [7, 11) is -3.01. The van der Waals surface area contributed by atoms with Gasteiger partial charge in [0.05, 0.1) is 11.2 Å². The second-order valence-corrected chi connectivity index (χ2v) is 10.6. The molecule has 2 aromatic rings. The number of benzene rings is 2. The molecule has 0 aromatic heterocycles. The molecule has 1 atom stereocenters. The van der Waals surface area contributed by atoms with Gasteiger partial charge in [0, 0.05) is 10.6 Å². The Hall–Kier alpha value is -1.35. The van der Waals surface area contributed by atoms with Gasteiger partial charge in [-0.3, -0.25) is 0 Å². The Balaban J connectivity index is 1.92. The molecule has 4 rings (SSSR count). The molecule has 3 nitrogen and oxygen atoms in total. The van der Waals surface area contributed by atoms with E-state index in [4.69, 9.17) is 9.31 Å². The highest BCUT2D eigenvalue weighted by Gasteiger charge is 2.53. The molecule has 2 aliphatic rings. The van der Waals surface area contributed by atoms with E-state index >= 15 is 0 Å². The maximum Gasteiger partial charge on any atom is 0.495 e. The van der Waals surface area contributed by atoms with Crippen LogP contribution in [0.25, 0.3) is 11.1 Å². The van der Waals surface area contributed by atoms with Crippen molar-refractivity contribution in [2.45, 2.75) is 38.9 Å². The molecule has 0 saturated carbocycles. The first kappa shape index (κ1) is 16.1. The summed E-state index contributed by atoms with van der Waals surface area (Å²) in [4.78, 5) is 0. The van der Waals surface area contributed by atoms with Crippen LogP contribution in [0.2, 0.25) is 0 Å². The van der Waals surface area contributed by atoms with Crippen molar-refractivity contribution >= 4 is 30.3 Å². The molecule has 0 N–H and O–H groups in total. The lowest BCUT2D eigenvalue weighted by Gasteiger charge is -2.32. The third-order valence-corrected chi connectivity index (χ3v) is 8.28. The molecule has 2 aliphatic heterocycles. The van der Waals surface area contributed by atoms with Crippen LogP contribution in [0.1, 0.15) is 27.7 Å². The van der Waals surface area contributed by atoms with E-state index in [2.05, 4.69) is 27.7 Å². The minimum Gasteiger partial charge on any atom is -0.399 e. The second kappa shape index (κ2) is 4.85. The molecule has 0 spiro atoms. The summed E-state index contributed by atoms with van der Waals surface area (Å²) >= 11 is 0. The van der Waals surface area contributed by atoms with Crippen molar-refractivity contribution in [2.75, 3.05) is 6.66 Å². The monoisotopic (exact) mass is 340 g/mol. The molecule has 0 amide bonds. The first-order valence-corrected chi connectivity index (χ1v) is 10.5. The van der Waals surface area contributed by atoms with Gasteiger partial charge < -0.3 is 13.9 Å². The maximum absolute atomic E-state index is 13.4. The Labute approximate surface area is 143 Å². The molecule has 124 valence electrons. The number of hydrogen-bond acceptors (Lipinski definition) is 3. The summed E-state index contributed by atoms with van der Waals surface area (Å²) < 4.78 is 25.9. The molecule has 2 heterocycles. The van der Waals surface area contributed by atoms with E-state index in [1.54, 1.807) is 0 Å². The van der Waals surface area contributed by atoms with Gasteiger partial charge in [0.1, 0.15) is 7.14 Å². The van der Waals surface area contributed by atoms with Crippen LogP contribution in [0.5, 0.6) is 0 Å². The normalized spacial score (nSPS) is 26.3. The van der Waals surface area contributed by atoms with Crippen molar-refractivity contribution < 1.29 is 13.9 Å². The highest BCUT2D eigenvalue weighted by atomic mass is 31.2. The quantitative estimate of drug-likeness (QED) is 0.592. The van der Waals surface area contributed by atoms with Crippen LogP contribution in [0, 0.1) is 0 Å². The van der Waals surface area contributed by atoms with E-state index in [9.17, 15) is 4.57 Å². The lowest BCUT2D eigenvalue weighted by Crippen LogP contribution is -2.41. The van der Waals surface area contributed by atoms with Gasteiger partial charge in [-0.2, -0.15) is 0 Å². The summed E-state index contributed by atoms with van der Waals surface area (Å²) in [5.74, 6) is 0. The fourth-order valence-electron chi connectivity index (χ4n) is 3.56. The van der Waals surface area contributed by atoms with Gasteiger partial charge >= 0.3 is 7.12 Å². The summed E-state index contributed by atoms with van der Waals surface area (Å²) in [6, 6.07) is 13.9. The summed E-state index contributed by atoms with van der Waals surface area (Å²) in [6.45, 7) is 10.1. The zero-order valence-electron chi connectivity index (χ0n) is 14.8. The number of fused-ring (bicyclic) bond motifs is 3. The highest BCUT2D eigenvalue weighted by molar-refractivity contribution is 7.79. The van der Waals surface area contributed by atoms with Gasteiger partial charge in [-0.25, -0.2) is 0 Å². The van der Waals surface area contributed by atoms with E-state index in [-0.39, 0.29) is 0 Å². The van der Waals surface area contributed by atoms with Gasteiger partial charge in [0.15, 0.2) is 0 Å². The fraction of sp³-hybridized carbons (Fsp3) is 0.368. The van der Waals surface area contributed by atoms with Crippen molar-refractivity contribution in [1.82, 2.24) is 0 Å². The maximum atomic E-state index is 13.4. The van der Waals surface area contributed by atoms with Gasteiger partial charge in [-0.05, 0) is 50.9 Å². The van der Waals surface area contributed by atoms with Gasteiger partial charge in [0.2, 0.25) is 0 Å². The minimum absolute atomic E-state index is 0.394. The average molecular weight is 340 g/mol. The molecule has 5 heteroatoms. The zero-order valence-corrected chi connectivity index (χ0v) is 15.7. The Morgan fingerprint density at radius 2 is 1.46 bits per heavy atom. The minimum atomic E-state index is -2.57. The Morgan fingerprint density at radius 3 is 2.12 bits per heavy atom. The Bertz CT molecular complexity index is 872. The van der Waals surface area contributed by atoms with Crippen molar-refractivity contribution in [3.05, 3.63) is 42.5 Å². The number of rotatable bonds is 1. The molecule has 0 bridgehead atoms. The standard InChI is InChI=1S/C19H22BO3P/c1-18(2)19(3,4)23-20(22-18)14-10-8-12-16-17(14)13-9-6-7-11-15(13)24(16,5)21/h6-12H,1-5H3. The topological polar surface area (TPSA) is 35.5 Å². The van der Waals surface area contributed by atoms with Crippen molar-refractivity contribution in [3.8, 4) is 11.1 Å². The molecule has 1 fully saturated rings. The number of hydrogen-bond donors (Lipinski definition) is 0. The van der Waals surface area contributed by atoms with Gasteiger partial charge in [-0.15, -0.1) is 0 Å². The van der Waals surface area contributed by atoms with E-state index in [1.165, 1.54) is 0 Å². The van der Waals surface area contributed by atoms with E-state index in [0.29, 0.717) is 0 Å². The highest BCUT2D eigenvalue weighted by Crippen LogP contribution is 2.49. The largest absolute Gasteiger partial charge is 0.495 e. The Morgan fingerprint density at radius 1 is 0.875 bits per heavy atom. The van der Waals surface area contributed by atoms with Crippen LogP contribution < -0.4 is 16.1 Å². The summed E-state index contributed by atoms with van der Waals surface area (Å²) in [6.07, 6.45) is 0. The van der Waals surface area contributed by atoms with Crippen molar-refractivity contribution in [1.29, 1.82) is 0 Å². The van der Waals surface area contributed by atoms with E-state index in [1.807, 2.05) is 49.1 Å². The van der Waals surface area contributed by atoms with Crippen molar-refractivity contribution in [2.24, 2.45) is 0 Å². The zero-order chi connectivity index (χ0) is 17.3. The third-order valence-electron chi connectivity index (χ3n) is 5.67. The van der Waals surface area contributed by atoms with Crippen LogP contribution in [0.15, 0.2) is 42.5 Å². The SMILES string of the molecule is CC1(C)OB(c2cccc3c2-c2ccccc2P3(C)=O)OC1(C)C. The lowest BCUT2D eigenvalue weighted by atomic mass is 9.74. The van der Waals surface area contributed by atoms with Crippen molar-refractivity contribution in [3.63, 3.8) is 0 Å². The molecule has 1 unspecified atom stereocenters. The van der Waals surface area contributed by atoms with Gasteiger partial charge in [-0.1, -0.05) is 42.5 Å². The van der Waals surface area contributed by atoms with Crippen LogP contribution >= 0.6 is 7.14 Å². The van der Waals surface area contributed by atoms with E-state index in [0.717, 1.165) is 27.2 Å². The summed E-state index contributed by atoms with van der Waals surface area (Å²) in [5, 5.41) is 1.85. The summed E-state index contributed by atoms with van der Waals surface area (Å²) in [5.41, 5.74) is 2.25. The molecule has 0 aliphatic carbocycles. The molecule has 2 aromatic carbocycles. The van der Waals surface area contributed by atoms with Gasteiger partial charge in [0.25, 0.3) is 0 Å².